The van der Waals surface area contributed by atoms with E-state index >= 15 is 0 Å². The molecule has 2 aromatic rings. The minimum absolute atomic E-state index is 0.0258. The van der Waals surface area contributed by atoms with E-state index in [0.29, 0.717) is 23.6 Å². The molecule has 19 heavy (non-hydrogen) atoms. The topological polar surface area (TPSA) is 72.9 Å². The normalized spacial score (nSPS) is 14.1. The monoisotopic (exact) mass is 276 g/mol. The summed E-state index contributed by atoms with van der Waals surface area (Å²) in [7, 11) is 0. The number of nitrogen functional groups attached to an aromatic ring is 1. The Morgan fingerprint density at radius 1 is 1.42 bits per heavy atom. The molecule has 6 heteroatoms. The van der Waals surface area contributed by atoms with Gasteiger partial charge >= 0.3 is 0 Å². The highest BCUT2D eigenvalue weighted by Gasteiger charge is 2.18. The molecule has 1 aliphatic heterocycles. The second-order valence-corrected chi connectivity index (χ2v) is 5.03. The summed E-state index contributed by atoms with van der Waals surface area (Å²) in [6.45, 7) is 1.83. The molecule has 0 fully saturated rings. The number of amides is 1. The first-order chi connectivity index (χ1) is 9.04. The van der Waals surface area contributed by atoms with Gasteiger partial charge in [0.05, 0.1) is 22.1 Å². The smallest absolute Gasteiger partial charge is 0.224 e. The zero-order chi connectivity index (χ0) is 13.6. The maximum absolute atomic E-state index is 11.4. The molecule has 0 saturated carbocycles. The van der Waals surface area contributed by atoms with Crippen LogP contribution < -0.4 is 11.1 Å². The third-order valence-electron chi connectivity index (χ3n) is 3.23. The molecular formula is C13H13ClN4O. The van der Waals surface area contributed by atoms with Crippen molar-refractivity contribution in [3.05, 3.63) is 34.6 Å². The van der Waals surface area contributed by atoms with Gasteiger partial charge < -0.3 is 11.1 Å². The summed E-state index contributed by atoms with van der Waals surface area (Å²) in [5.41, 5.74) is 9.98. The Morgan fingerprint density at radius 2 is 2.21 bits per heavy atom. The Balaban J connectivity index is 2.11. The van der Waals surface area contributed by atoms with Crippen molar-refractivity contribution in [3.63, 3.8) is 0 Å². The van der Waals surface area contributed by atoms with Crippen LogP contribution in [0.5, 0.6) is 0 Å². The Bertz CT molecular complexity index is 658. The number of hydrogen-bond acceptors (Lipinski definition) is 3. The van der Waals surface area contributed by atoms with E-state index < -0.39 is 0 Å². The number of aryl methyl sites for hydroxylation is 2. The quantitative estimate of drug-likeness (QED) is 0.785. The second kappa shape index (κ2) is 4.28. The fourth-order valence-electron chi connectivity index (χ4n) is 2.20. The number of nitrogens with two attached hydrogens (primary N) is 1. The van der Waals surface area contributed by atoms with Gasteiger partial charge in [-0.15, -0.1) is 0 Å². The average Bonchev–Trinajstić information content (AvgIpc) is 2.69. The summed E-state index contributed by atoms with van der Waals surface area (Å²) in [4.78, 5) is 11.4. The van der Waals surface area contributed by atoms with Crippen LogP contribution in [0.25, 0.3) is 5.69 Å². The largest absolute Gasteiger partial charge is 0.397 e. The molecule has 1 aliphatic rings. The summed E-state index contributed by atoms with van der Waals surface area (Å²) in [6, 6.07) is 3.72. The lowest BCUT2D eigenvalue weighted by Crippen LogP contribution is -2.19. The number of benzene rings is 1. The van der Waals surface area contributed by atoms with E-state index in [2.05, 4.69) is 10.4 Å². The zero-order valence-electron chi connectivity index (χ0n) is 10.4. The molecule has 0 unspecified atom stereocenters. The Morgan fingerprint density at radius 3 is 2.89 bits per heavy atom. The van der Waals surface area contributed by atoms with Crippen LogP contribution in [0, 0.1) is 6.92 Å². The fourth-order valence-corrected chi connectivity index (χ4v) is 2.33. The number of anilines is 2. The van der Waals surface area contributed by atoms with Crippen molar-refractivity contribution in [1.82, 2.24) is 9.78 Å². The lowest BCUT2D eigenvalue weighted by atomic mass is 10.0. The molecular weight excluding hydrogens is 264 g/mol. The lowest BCUT2D eigenvalue weighted by molar-refractivity contribution is -0.116. The maximum Gasteiger partial charge on any atom is 0.224 e. The highest BCUT2D eigenvalue weighted by atomic mass is 35.5. The molecule has 5 nitrogen and oxygen atoms in total. The van der Waals surface area contributed by atoms with Crippen molar-refractivity contribution in [2.75, 3.05) is 11.1 Å². The molecule has 0 bridgehead atoms. The van der Waals surface area contributed by atoms with Crippen LogP contribution in [-0.2, 0) is 11.2 Å². The average molecular weight is 277 g/mol. The maximum atomic E-state index is 11.4. The predicted octanol–water partition coefficient (Wildman–Crippen LogP) is 2.30. The lowest BCUT2D eigenvalue weighted by Gasteiger charge is -2.19. The number of hydrogen-bond donors (Lipinski definition) is 2. The highest BCUT2D eigenvalue weighted by molar-refractivity contribution is 6.31. The zero-order valence-corrected chi connectivity index (χ0v) is 11.2. The van der Waals surface area contributed by atoms with Crippen molar-refractivity contribution >= 4 is 28.9 Å². The Kier molecular flexibility index (Phi) is 2.71. The van der Waals surface area contributed by atoms with Crippen LogP contribution in [0.4, 0.5) is 11.4 Å². The summed E-state index contributed by atoms with van der Waals surface area (Å²) in [5.74, 6) is 0.0258. The summed E-state index contributed by atoms with van der Waals surface area (Å²) in [5, 5.41) is 7.74. The number of rotatable bonds is 1. The number of nitrogens with zero attached hydrogens (tertiary/aromatic N) is 2. The van der Waals surface area contributed by atoms with Gasteiger partial charge in [-0.1, -0.05) is 11.6 Å². The van der Waals surface area contributed by atoms with E-state index in [9.17, 15) is 4.79 Å². The van der Waals surface area contributed by atoms with Gasteiger partial charge in [0.1, 0.15) is 0 Å². The molecule has 1 aromatic carbocycles. The predicted molar refractivity (Wildman–Crippen MR) is 74.7 cm³/mol. The first-order valence-electron chi connectivity index (χ1n) is 5.99. The fraction of sp³-hybridized carbons (Fsp3) is 0.231. The molecule has 0 radical (unpaired) electrons. The molecule has 0 spiro atoms. The van der Waals surface area contributed by atoms with Gasteiger partial charge in [-0.25, -0.2) is 4.68 Å². The molecule has 0 atom stereocenters. The van der Waals surface area contributed by atoms with Crippen molar-refractivity contribution in [2.45, 2.75) is 19.8 Å². The SMILES string of the molecule is Cc1nn(-c2cc3c(cc2N)CCC(=O)N3)cc1Cl. The molecule has 0 aliphatic carbocycles. The van der Waals surface area contributed by atoms with Gasteiger partial charge in [0.2, 0.25) is 5.91 Å². The van der Waals surface area contributed by atoms with Gasteiger partial charge in [-0.3, -0.25) is 4.79 Å². The molecule has 1 amide bonds. The first kappa shape index (κ1) is 12.0. The summed E-state index contributed by atoms with van der Waals surface area (Å²) < 4.78 is 1.63. The molecule has 1 aromatic heterocycles. The number of halogens is 1. The van der Waals surface area contributed by atoms with Crippen molar-refractivity contribution in [3.8, 4) is 5.69 Å². The van der Waals surface area contributed by atoms with E-state index in [-0.39, 0.29) is 5.91 Å². The molecule has 3 rings (SSSR count). The summed E-state index contributed by atoms with van der Waals surface area (Å²) in [6.07, 6.45) is 2.92. The van der Waals surface area contributed by atoms with E-state index in [0.717, 1.165) is 22.6 Å². The van der Waals surface area contributed by atoms with Crippen LogP contribution >= 0.6 is 11.6 Å². The number of carbonyl (C=O) groups excluding carboxylic acids is 1. The van der Waals surface area contributed by atoms with Crippen LogP contribution in [0.3, 0.4) is 0 Å². The first-order valence-corrected chi connectivity index (χ1v) is 6.37. The minimum Gasteiger partial charge on any atom is -0.397 e. The highest BCUT2D eigenvalue weighted by Crippen LogP contribution is 2.30. The van der Waals surface area contributed by atoms with Crippen LogP contribution in [0.2, 0.25) is 5.02 Å². The van der Waals surface area contributed by atoms with Crippen molar-refractivity contribution in [2.24, 2.45) is 0 Å². The number of fused-ring (bicyclic) bond motifs is 1. The third kappa shape index (κ3) is 2.06. The number of carbonyl (C=O) groups is 1. The molecule has 0 saturated heterocycles. The summed E-state index contributed by atoms with van der Waals surface area (Å²) >= 11 is 6.00. The van der Waals surface area contributed by atoms with E-state index in [1.54, 1.807) is 10.9 Å². The Labute approximate surface area is 115 Å². The third-order valence-corrected chi connectivity index (χ3v) is 3.60. The van der Waals surface area contributed by atoms with Crippen LogP contribution in [0.1, 0.15) is 17.7 Å². The van der Waals surface area contributed by atoms with E-state index in [4.69, 9.17) is 17.3 Å². The second-order valence-electron chi connectivity index (χ2n) is 4.62. The van der Waals surface area contributed by atoms with Crippen molar-refractivity contribution in [1.29, 1.82) is 0 Å². The van der Waals surface area contributed by atoms with Gasteiger partial charge in [-0.2, -0.15) is 5.10 Å². The number of nitrogens with one attached hydrogen (secondary N) is 1. The van der Waals surface area contributed by atoms with Crippen molar-refractivity contribution < 1.29 is 4.79 Å². The van der Waals surface area contributed by atoms with E-state index in [1.807, 2.05) is 19.1 Å². The van der Waals surface area contributed by atoms with Gasteiger partial charge in [0.15, 0.2) is 0 Å². The van der Waals surface area contributed by atoms with E-state index in [1.165, 1.54) is 0 Å². The molecule has 2 heterocycles. The van der Waals surface area contributed by atoms with Gasteiger partial charge in [0.25, 0.3) is 0 Å². The number of aromatic nitrogens is 2. The van der Waals surface area contributed by atoms with Gasteiger partial charge in [-0.05, 0) is 31.0 Å². The molecule has 3 N–H and O–H groups in total. The minimum atomic E-state index is 0.0258. The standard InChI is InChI=1S/C13H13ClN4O/c1-7-9(14)6-18(17-7)12-5-11-8(4-10(12)15)2-3-13(19)16-11/h4-6H,2-3,15H2,1H3,(H,16,19). The Hall–Kier alpha value is -2.01. The van der Waals surface area contributed by atoms with Crippen LogP contribution in [0.15, 0.2) is 18.3 Å². The van der Waals surface area contributed by atoms with Crippen LogP contribution in [-0.4, -0.2) is 15.7 Å². The van der Waals surface area contributed by atoms with Gasteiger partial charge in [0, 0.05) is 18.3 Å². The molecule has 98 valence electrons.